The summed E-state index contributed by atoms with van der Waals surface area (Å²) in [5.74, 6) is -1.44. The maximum Gasteiger partial charge on any atom is 0.306 e. The van der Waals surface area contributed by atoms with Crippen molar-refractivity contribution in [3.8, 4) is 0 Å². The van der Waals surface area contributed by atoms with Gasteiger partial charge in [0.15, 0.2) is 0 Å². The van der Waals surface area contributed by atoms with E-state index in [-0.39, 0.29) is 18.4 Å². The summed E-state index contributed by atoms with van der Waals surface area (Å²) < 4.78 is 0. The number of carboxylic acids is 1. The number of carboxylic acid groups (broad SMARTS) is 1. The molecule has 1 amide bonds. The van der Waals surface area contributed by atoms with E-state index < -0.39 is 24.0 Å². The molecule has 3 atom stereocenters. The summed E-state index contributed by atoms with van der Waals surface area (Å²) in [5.41, 5.74) is 4.23. The molecule has 0 fully saturated rings. The van der Waals surface area contributed by atoms with E-state index in [9.17, 15) is 14.7 Å². The number of hydrogen-bond acceptors (Lipinski definition) is 4. The molecule has 17 heavy (non-hydrogen) atoms. The Morgan fingerprint density at radius 1 is 1.47 bits per heavy atom. The van der Waals surface area contributed by atoms with Crippen molar-refractivity contribution in [3.63, 3.8) is 0 Å². The molecular weight excluding hydrogens is 224 g/mol. The third-order valence-electron chi connectivity index (χ3n) is 2.74. The van der Waals surface area contributed by atoms with Crippen LogP contribution in [-0.4, -0.2) is 40.3 Å². The molecule has 6 nitrogen and oxygen atoms in total. The van der Waals surface area contributed by atoms with Gasteiger partial charge in [-0.05, 0) is 12.8 Å². The number of carbonyl (C=O) groups is 2. The fourth-order valence-corrected chi connectivity index (χ4v) is 1.30. The first-order chi connectivity index (χ1) is 7.69. The van der Waals surface area contributed by atoms with Gasteiger partial charge in [0.2, 0.25) is 5.91 Å². The lowest BCUT2D eigenvalue weighted by Gasteiger charge is -2.24. The van der Waals surface area contributed by atoms with E-state index in [0.717, 1.165) is 6.42 Å². The van der Waals surface area contributed by atoms with Gasteiger partial charge in [-0.1, -0.05) is 20.3 Å². The summed E-state index contributed by atoms with van der Waals surface area (Å²) in [6, 6.07) is -0.638. The van der Waals surface area contributed by atoms with E-state index in [0.29, 0.717) is 0 Å². The molecule has 0 radical (unpaired) electrons. The van der Waals surface area contributed by atoms with Crippen molar-refractivity contribution >= 4 is 11.9 Å². The summed E-state index contributed by atoms with van der Waals surface area (Å²) in [4.78, 5) is 22.0. The van der Waals surface area contributed by atoms with Crippen LogP contribution < -0.4 is 11.1 Å². The molecule has 0 rings (SSSR count). The Bertz CT molecular complexity index is 279. The smallest absolute Gasteiger partial charge is 0.306 e. The molecular formula is C11H22N2O4. The highest BCUT2D eigenvalue weighted by atomic mass is 16.4. The fraction of sp³-hybridized carbons (Fsp3) is 0.818. The number of nitrogens with two attached hydrogens (primary N) is 1. The lowest BCUT2D eigenvalue weighted by atomic mass is 9.98. The van der Waals surface area contributed by atoms with Crippen LogP contribution in [0.3, 0.4) is 0 Å². The quantitative estimate of drug-likeness (QED) is 0.492. The third-order valence-corrected chi connectivity index (χ3v) is 2.74. The van der Waals surface area contributed by atoms with Crippen molar-refractivity contribution in [2.24, 2.45) is 11.7 Å². The Morgan fingerprint density at radius 2 is 2.00 bits per heavy atom. The molecule has 0 aliphatic heterocycles. The highest BCUT2D eigenvalue weighted by Crippen LogP contribution is 2.09. The molecule has 6 heteroatoms. The van der Waals surface area contributed by atoms with Gasteiger partial charge < -0.3 is 21.3 Å². The molecule has 0 saturated heterocycles. The molecule has 100 valence electrons. The molecule has 0 aliphatic rings. The Morgan fingerprint density at radius 3 is 2.41 bits per heavy atom. The number of hydrogen-bond donors (Lipinski definition) is 4. The molecule has 0 spiro atoms. The van der Waals surface area contributed by atoms with Crippen LogP contribution in [0.25, 0.3) is 0 Å². The van der Waals surface area contributed by atoms with Crippen molar-refractivity contribution < 1.29 is 19.8 Å². The molecule has 3 unspecified atom stereocenters. The zero-order valence-electron chi connectivity index (χ0n) is 10.6. The van der Waals surface area contributed by atoms with Gasteiger partial charge in [0.1, 0.15) is 0 Å². The number of amides is 1. The average Bonchev–Trinajstić information content (AvgIpc) is 2.22. The first kappa shape index (κ1) is 15.9. The van der Waals surface area contributed by atoms with E-state index in [1.807, 2.05) is 13.8 Å². The molecule has 0 aliphatic carbocycles. The highest BCUT2D eigenvalue weighted by molar-refractivity contribution is 5.81. The van der Waals surface area contributed by atoms with Crippen LogP contribution in [0.15, 0.2) is 0 Å². The van der Waals surface area contributed by atoms with Crippen LogP contribution >= 0.6 is 0 Å². The Hall–Kier alpha value is -1.14. The highest BCUT2D eigenvalue weighted by Gasteiger charge is 2.27. The summed E-state index contributed by atoms with van der Waals surface area (Å²) in [6.45, 7) is 5.02. The first-order valence-corrected chi connectivity index (χ1v) is 5.67. The molecule has 5 N–H and O–H groups in total. The second kappa shape index (κ2) is 6.56. The summed E-state index contributed by atoms with van der Waals surface area (Å²) in [6.07, 6.45) is 0.353. The topological polar surface area (TPSA) is 113 Å². The van der Waals surface area contributed by atoms with Crippen LogP contribution in [0, 0.1) is 5.92 Å². The van der Waals surface area contributed by atoms with Gasteiger partial charge in [-0.3, -0.25) is 9.59 Å². The summed E-state index contributed by atoms with van der Waals surface area (Å²) in [5, 5.41) is 20.7. The van der Waals surface area contributed by atoms with E-state index in [4.69, 9.17) is 10.8 Å². The molecule has 0 aromatic heterocycles. The van der Waals surface area contributed by atoms with Gasteiger partial charge in [0, 0.05) is 6.54 Å². The molecule has 0 heterocycles. The van der Waals surface area contributed by atoms with Gasteiger partial charge in [0.25, 0.3) is 0 Å². The minimum absolute atomic E-state index is 0.0411. The predicted molar refractivity (Wildman–Crippen MR) is 63.3 cm³/mol. The van der Waals surface area contributed by atoms with Gasteiger partial charge in [-0.15, -0.1) is 0 Å². The van der Waals surface area contributed by atoms with Crippen molar-refractivity contribution in [3.05, 3.63) is 0 Å². The van der Waals surface area contributed by atoms with Crippen LogP contribution in [0.4, 0.5) is 0 Å². The lowest BCUT2D eigenvalue weighted by Crippen LogP contribution is -2.49. The van der Waals surface area contributed by atoms with Crippen molar-refractivity contribution in [1.82, 2.24) is 5.32 Å². The van der Waals surface area contributed by atoms with E-state index in [1.165, 1.54) is 6.92 Å². The zero-order chi connectivity index (χ0) is 13.6. The van der Waals surface area contributed by atoms with Gasteiger partial charge in [0.05, 0.1) is 18.1 Å². The Labute approximate surface area is 101 Å². The monoisotopic (exact) mass is 246 g/mol. The zero-order valence-corrected chi connectivity index (χ0v) is 10.6. The third kappa shape index (κ3) is 6.23. The van der Waals surface area contributed by atoms with Crippen LogP contribution in [0.2, 0.25) is 0 Å². The SMILES string of the molecule is CCC(C)C(N)C(=O)NCC(C)(O)CC(=O)O. The standard InChI is InChI=1S/C11H22N2O4/c1-4-7(2)9(12)10(16)13-6-11(3,17)5-8(14)15/h7,9,17H,4-6,12H2,1-3H3,(H,13,16)(H,14,15). The van der Waals surface area contributed by atoms with Crippen molar-refractivity contribution in [2.45, 2.75) is 45.3 Å². The van der Waals surface area contributed by atoms with E-state index >= 15 is 0 Å². The minimum Gasteiger partial charge on any atom is -0.481 e. The average molecular weight is 246 g/mol. The van der Waals surface area contributed by atoms with Crippen LogP contribution in [0.1, 0.15) is 33.6 Å². The van der Waals surface area contributed by atoms with Crippen LogP contribution in [-0.2, 0) is 9.59 Å². The minimum atomic E-state index is -1.46. The number of carbonyl (C=O) groups excluding carboxylic acids is 1. The fourth-order valence-electron chi connectivity index (χ4n) is 1.30. The number of aliphatic hydroxyl groups is 1. The van der Waals surface area contributed by atoms with Gasteiger partial charge in [-0.25, -0.2) is 0 Å². The normalized spacial score (nSPS) is 17.9. The van der Waals surface area contributed by atoms with Gasteiger partial charge >= 0.3 is 5.97 Å². The van der Waals surface area contributed by atoms with E-state index in [1.54, 1.807) is 0 Å². The predicted octanol–water partition coefficient (Wildman–Crippen LogP) is -0.298. The van der Waals surface area contributed by atoms with Crippen molar-refractivity contribution in [1.29, 1.82) is 0 Å². The molecule has 0 aromatic rings. The number of rotatable bonds is 7. The van der Waals surface area contributed by atoms with Crippen molar-refractivity contribution in [2.75, 3.05) is 6.54 Å². The number of nitrogens with one attached hydrogen (secondary N) is 1. The maximum atomic E-state index is 11.6. The van der Waals surface area contributed by atoms with Gasteiger partial charge in [-0.2, -0.15) is 0 Å². The number of aliphatic carboxylic acids is 1. The largest absolute Gasteiger partial charge is 0.481 e. The maximum absolute atomic E-state index is 11.6. The molecule has 0 saturated carbocycles. The second-order valence-corrected chi connectivity index (χ2v) is 4.70. The summed E-state index contributed by atoms with van der Waals surface area (Å²) in [7, 11) is 0. The van der Waals surface area contributed by atoms with E-state index in [2.05, 4.69) is 5.32 Å². The second-order valence-electron chi connectivity index (χ2n) is 4.70. The Kier molecular flexibility index (Phi) is 6.12. The summed E-state index contributed by atoms with van der Waals surface area (Å²) >= 11 is 0. The van der Waals surface area contributed by atoms with Crippen LogP contribution in [0.5, 0.6) is 0 Å². The molecule has 0 bridgehead atoms. The first-order valence-electron chi connectivity index (χ1n) is 5.67. The molecule has 0 aromatic carbocycles. The Balaban J connectivity index is 4.19. The lowest BCUT2D eigenvalue weighted by molar-refractivity contribution is -0.142.